The lowest BCUT2D eigenvalue weighted by molar-refractivity contribution is -0.384. The second-order valence-electron chi connectivity index (χ2n) is 5.29. The van der Waals surface area contributed by atoms with Crippen LogP contribution >= 0.6 is 0 Å². The Bertz CT molecular complexity index is 554. The Hall–Kier alpha value is -2.41. The van der Waals surface area contributed by atoms with Gasteiger partial charge in [0.05, 0.1) is 11.0 Å². The van der Waals surface area contributed by atoms with Crippen molar-refractivity contribution in [2.24, 2.45) is 0 Å². The minimum Gasteiger partial charge on any atom is -0.388 e. The first kappa shape index (κ1) is 17.6. The van der Waals surface area contributed by atoms with Gasteiger partial charge in [-0.25, -0.2) is 4.79 Å². The van der Waals surface area contributed by atoms with E-state index < -0.39 is 11.0 Å². The molecule has 0 unspecified atom stereocenters. The van der Waals surface area contributed by atoms with E-state index in [2.05, 4.69) is 11.9 Å². The van der Waals surface area contributed by atoms with E-state index in [1.54, 1.807) is 21.0 Å². The fraction of sp³-hybridized carbons (Fsp3) is 0.400. The number of nitro groups is 1. The lowest BCUT2D eigenvalue weighted by atomic mass is 9.98. The van der Waals surface area contributed by atoms with Crippen LogP contribution in [0, 0.1) is 10.1 Å². The summed E-state index contributed by atoms with van der Waals surface area (Å²) in [5.74, 6) is 0. The Morgan fingerprint density at radius 1 is 1.41 bits per heavy atom. The van der Waals surface area contributed by atoms with Crippen LogP contribution < -0.4 is 5.32 Å². The lowest BCUT2D eigenvalue weighted by Gasteiger charge is -2.21. The molecule has 22 heavy (non-hydrogen) atoms. The van der Waals surface area contributed by atoms with Gasteiger partial charge in [0.2, 0.25) is 0 Å². The van der Waals surface area contributed by atoms with Crippen molar-refractivity contribution in [2.75, 3.05) is 14.1 Å². The molecule has 0 aliphatic heterocycles. The molecule has 0 saturated heterocycles. The van der Waals surface area contributed by atoms with Gasteiger partial charge in [-0.05, 0) is 24.6 Å². The summed E-state index contributed by atoms with van der Waals surface area (Å²) in [6, 6.07) is 5.19. The van der Waals surface area contributed by atoms with Gasteiger partial charge in [0.15, 0.2) is 0 Å². The average molecular weight is 307 g/mol. The molecule has 0 radical (unpaired) electrons. The molecular formula is C15H21N3O4. The average Bonchev–Trinajstić information content (AvgIpc) is 2.46. The molecule has 0 aliphatic rings. The minimum absolute atomic E-state index is 0.0265. The number of aliphatic hydroxyl groups excluding tert-OH is 1. The topological polar surface area (TPSA) is 95.7 Å². The SMILES string of the molecule is C=C(C[C@@H](O)c1ccc([N+](=O)[O-])cc1)[C@@H](C)NC(=O)N(C)C. The van der Waals surface area contributed by atoms with E-state index in [0.717, 1.165) is 0 Å². The maximum Gasteiger partial charge on any atom is 0.317 e. The first-order valence-corrected chi connectivity index (χ1v) is 6.80. The van der Waals surface area contributed by atoms with Gasteiger partial charge in [0, 0.05) is 38.7 Å². The third kappa shape index (κ3) is 4.85. The Morgan fingerprint density at radius 2 is 1.95 bits per heavy atom. The largest absolute Gasteiger partial charge is 0.388 e. The van der Waals surface area contributed by atoms with E-state index >= 15 is 0 Å². The fourth-order valence-corrected chi connectivity index (χ4v) is 1.78. The number of nitro benzene ring substituents is 1. The van der Waals surface area contributed by atoms with Crippen LogP contribution in [0.5, 0.6) is 0 Å². The Labute approximate surface area is 129 Å². The number of rotatable bonds is 6. The van der Waals surface area contributed by atoms with Crippen molar-refractivity contribution in [2.45, 2.75) is 25.5 Å². The van der Waals surface area contributed by atoms with E-state index in [0.29, 0.717) is 11.1 Å². The third-order valence-corrected chi connectivity index (χ3v) is 3.30. The van der Waals surface area contributed by atoms with Crippen molar-refractivity contribution >= 4 is 11.7 Å². The van der Waals surface area contributed by atoms with Gasteiger partial charge in [-0.2, -0.15) is 0 Å². The highest BCUT2D eigenvalue weighted by Gasteiger charge is 2.17. The van der Waals surface area contributed by atoms with Crippen molar-refractivity contribution in [1.29, 1.82) is 0 Å². The van der Waals surface area contributed by atoms with Crippen LogP contribution in [-0.2, 0) is 0 Å². The molecule has 2 amide bonds. The van der Waals surface area contributed by atoms with Crippen LogP contribution in [0.2, 0.25) is 0 Å². The molecule has 1 rings (SSSR count). The molecule has 0 spiro atoms. The monoisotopic (exact) mass is 307 g/mol. The summed E-state index contributed by atoms with van der Waals surface area (Å²) in [6.45, 7) is 5.66. The summed E-state index contributed by atoms with van der Waals surface area (Å²) in [7, 11) is 3.27. The highest BCUT2D eigenvalue weighted by Crippen LogP contribution is 2.23. The molecule has 0 aromatic heterocycles. The molecule has 2 atom stereocenters. The number of carbonyl (C=O) groups excluding carboxylic acids is 1. The number of hydrogen-bond donors (Lipinski definition) is 2. The van der Waals surface area contributed by atoms with Crippen molar-refractivity contribution in [1.82, 2.24) is 10.2 Å². The summed E-state index contributed by atoms with van der Waals surface area (Å²) >= 11 is 0. The summed E-state index contributed by atoms with van der Waals surface area (Å²) in [4.78, 5) is 23.1. The van der Waals surface area contributed by atoms with E-state index in [1.165, 1.54) is 29.2 Å². The standard InChI is InChI=1S/C15H21N3O4/c1-10(11(2)16-15(20)17(3)4)9-14(19)12-5-7-13(8-6-12)18(21)22/h5-8,11,14,19H,1,9H2,2-4H3,(H,16,20)/t11-,14-/m1/s1. The molecule has 0 saturated carbocycles. The van der Waals surface area contributed by atoms with Gasteiger partial charge >= 0.3 is 6.03 Å². The Balaban J connectivity index is 2.63. The summed E-state index contributed by atoms with van der Waals surface area (Å²) < 4.78 is 0. The van der Waals surface area contributed by atoms with Gasteiger partial charge in [-0.1, -0.05) is 12.2 Å². The van der Waals surface area contributed by atoms with Crippen molar-refractivity contribution < 1.29 is 14.8 Å². The zero-order chi connectivity index (χ0) is 16.9. The molecule has 2 N–H and O–H groups in total. The number of urea groups is 1. The van der Waals surface area contributed by atoms with E-state index in [9.17, 15) is 20.0 Å². The van der Waals surface area contributed by atoms with Gasteiger partial charge in [-0.15, -0.1) is 0 Å². The summed E-state index contributed by atoms with van der Waals surface area (Å²) in [5.41, 5.74) is 1.21. The molecule has 7 heteroatoms. The highest BCUT2D eigenvalue weighted by atomic mass is 16.6. The Morgan fingerprint density at radius 3 is 2.41 bits per heavy atom. The van der Waals surface area contributed by atoms with Crippen LogP contribution in [0.15, 0.2) is 36.4 Å². The predicted octanol–water partition coefficient (Wildman–Crippen LogP) is 2.23. The normalized spacial score (nSPS) is 13.1. The Kier molecular flexibility index (Phi) is 6.06. The zero-order valence-corrected chi connectivity index (χ0v) is 12.9. The predicted molar refractivity (Wildman–Crippen MR) is 83.5 cm³/mol. The second-order valence-corrected chi connectivity index (χ2v) is 5.29. The number of nitrogens with one attached hydrogen (secondary N) is 1. The first-order valence-electron chi connectivity index (χ1n) is 6.80. The van der Waals surface area contributed by atoms with Gasteiger partial charge < -0.3 is 15.3 Å². The highest BCUT2D eigenvalue weighted by molar-refractivity contribution is 5.74. The van der Waals surface area contributed by atoms with Gasteiger partial charge in [0.1, 0.15) is 0 Å². The molecule has 120 valence electrons. The summed E-state index contributed by atoms with van der Waals surface area (Å²) in [6.07, 6.45) is -0.570. The molecule has 1 aromatic carbocycles. The molecule has 7 nitrogen and oxygen atoms in total. The maximum absolute atomic E-state index is 11.6. The quantitative estimate of drug-likeness (QED) is 0.478. The van der Waals surface area contributed by atoms with Crippen molar-refractivity contribution in [3.05, 3.63) is 52.1 Å². The third-order valence-electron chi connectivity index (χ3n) is 3.30. The maximum atomic E-state index is 11.6. The number of aliphatic hydroxyl groups is 1. The molecular weight excluding hydrogens is 286 g/mol. The number of nitrogens with zero attached hydrogens (tertiary/aromatic N) is 2. The van der Waals surface area contributed by atoms with Crippen LogP contribution in [0.3, 0.4) is 0 Å². The van der Waals surface area contributed by atoms with E-state index in [1.807, 2.05) is 0 Å². The number of carbonyl (C=O) groups is 1. The molecule has 0 bridgehead atoms. The van der Waals surface area contributed by atoms with Crippen molar-refractivity contribution in [3.8, 4) is 0 Å². The molecule has 0 fully saturated rings. The van der Waals surface area contributed by atoms with Gasteiger partial charge in [-0.3, -0.25) is 10.1 Å². The van der Waals surface area contributed by atoms with Crippen molar-refractivity contribution in [3.63, 3.8) is 0 Å². The number of non-ortho nitro benzene ring substituents is 1. The number of benzene rings is 1. The first-order chi connectivity index (χ1) is 10.2. The number of amides is 2. The zero-order valence-electron chi connectivity index (χ0n) is 12.9. The lowest BCUT2D eigenvalue weighted by Crippen LogP contribution is -2.40. The van der Waals surface area contributed by atoms with Crippen LogP contribution in [-0.4, -0.2) is 41.1 Å². The number of hydrogen-bond acceptors (Lipinski definition) is 4. The summed E-state index contributed by atoms with van der Waals surface area (Å²) in [5, 5.41) is 23.5. The van der Waals surface area contributed by atoms with E-state index in [4.69, 9.17) is 0 Å². The van der Waals surface area contributed by atoms with Crippen LogP contribution in [0.25, 0.3) is 0 Å². The minimum atomic E-state index is -0.827. The van der Waals surface area contributed by atoms with Gasteiger partial charge in [0.25, 0.3) is 5.69 Å². The smallest absolute Gasteiger partial charge is 0.317 e. The molecule has 0 heterocycles. The fourth-order valence-electron chi connectivity index (χ4n) is 1.78. The van der Waals surface area contributed by atoms with E-state index in [-0.39, 0.29) is 24.2 Å². The molecule has 1 aromatic rings. The second kappa shape index (κ2) is 7.56. The molecule has 0 aliphatic carbocycles. The van der Waals surface area contributed by atoms with Crippen LogP contribution in [0.4, 0.5) is 10.5 Å². The van der Waals surface area contributed by atoms with Crippen LogP contribution in [0.1, 0.15) is 25.0 Å².